The van der Waals surface area contributed by atoms with Crippen molar-refractivity contribution >= 4 is 28.6 Å². The molecule has 1 aliphatic heterocycles. The van der Waals surface area contributed by atoms with Crippen LogP contribution in [-0.2, 0) is 14.3 Å². The Labute approximate surface area is 161 Å². The molecular formula is C19H33INO3+. The Kier molecular flexibility index (Phi) is 12.6. The Morgan fingerprint density at radius 3 is 2.33 bits per heavy atom. The molecule has 1 heterocycles. The van der Waals surface area contributed by atoms with Gasteiger partial charge in [-0.1, -0.05) is 51.9 Å². The summed E-state index contributed by atoms with van der Waals surface area (Å²) >= 11 is 2.05. The van der Waals surface area contributed by atoms with Crippen LogP contribution < -0.4 is 0 Å². The predicted molar refractivity (Wildman–Crippen MR) is 106 cm³/mol. The summed E-state index contributed by atoms with van der Waals surface area (Å²) in [7, 11) is 0. The van der Waals surface area contributed by atoms with Crippen LogP contribution in [0.15, 0.2) is 0 Å². The number of unbranched alkanes of at least 4 members (excludes halogenated alkanes) is 7. The molecule has 0 aromatic carbocycles. The molecule has 0 radical (unpaired) electrons. The standard InChI is InChI=1S/C19H33INO3/c1-2-3-4-5-6-7-8-9-15-24-19(22)18-21(12-10-11-20)13-16-23-17-14-21/h2-9,12-18H2,1H3/q+1. The Balaban J connectivity index is 2.13. The molecule has 0 amide bonds. The minimum absolute atomic E-state index is 0.0879. The third-order valence-corrected chi connectivity index (χ3v) is 5.01. The molecule has 24 heavy (non-hydrogen) atoms. The van der Waals surface area contributed by atoms with E-state index in [1.54, 1.807) is 0 Å². The second kappa shape index (κ2) is 13.9. The molecule has 5 heteroatoms. The molecule has 1 saturated heterocycles. The number of hydrogen-bond acceptors (Lipinski definition) is 3. The van der Waals surface area contributed by atoms with E-state index in [0.29, 0.717) is 37.4 Å². The van der Waals surface area contributed by atoms with Crippen molar-refractivity contribution in [1.29, 1.82) is 0 Å². The van der Waals surface area contributed by atoms with Gasteiger partial charge in [0.15, 0.2) is 6.54 Å². The number of halogens is 1. The van der Waals surface area contributed by atoms with E-state index < -0.39 is 0 Å². The van der Waals surface area contributed by atoms with Crippen molar-refractivity contribution in [2.75, 3.05) is 46.0 Å². The number of rotatable bonds is 12. The number of nitrogens with zero attached hydrogens (tertiary/aromatic N) is 1. The predicted octanol–water partition coefficient (Wildman–Crippen LogP) is 3.91. The largest absolute Gasteiger partial charge is 0.462 e. The van der Waals surface area contributed by atoms with E-state index in [2.05, 4.69) is 39.4 Å². The van der Waals surface area contributed by atoms with Gasteiger partial charge in [0.2, 0.25) is 0 Å². The van der Waals surface area contributed by atoms with Gasteiger partial charge in [0.05, 0.1) is 19.8 Å². The zero-order valence-corrected chi connectivity index (χ0v) is 17.3. The fourth-order valence-corrected chi connectivity index (χ4v) is 3.21. The molecule has 0 bridgehead atoms. The van der Waals surface area contributed by atoms with Gasteiger partial charge in [-0.05, 0) is 16.3 Å². The molecule has 138 valence electrons. The van der Waals surface area contributed by atoms with E-state index in [-0.39, 0.29) is 5.97 Å². The van der Waals surface area contributed by atoms with Crippen molar-refractivity contribution in [1.82, 2.24) is 0 Å². The average Bonchev–Trinajstić information content (AvgIpc) is 2.59. The van der Waals surface area contributed by atoms with Gasteiger partial charge in [0.25, 0.3) is 0 Å². The fourth-order valence-electron chi connectivity index (χ4n) is 3.04. The lowest BCUT2D eigenvalue weighted by atomic mass is 10.1. The highest BCUT2D eigenvalue weighted by molar-refractivity contribution is 14.1. The Morgan fingerprint density at radius 1 is 1.08 bits per heavy atom. The van der Waals surface area contributed by atoms with Crippen LogP contribution in [0.1, 0.15) is 58.3 Å². The summed E-state index contributed by atoms with van der Waals surface area (Å²) in [6.07, 6.45) is 10.1. The highest BCUT2D eigenvalue weighted by Gasteiger charge is 2.32. The van der Waals surface area contributed by atoms with Crippen molar-refractivity contribution in [3.8, 4) is 9.85 Å². The van der Waals surface area contributed by atoms with Crippen molar-refractivity contribution in [2.24, 2.45) is 0 Å². The maximum atomic E-state index is 12.2. The van der Waals surface area contributed by atoms with E-state index in [4.69, 9.17) is 9.47 Å². The van der Waals surface area contributed by atoms with E-state index in [1.165, 1.54) is 38.5 Å². The molecule has 0 aromatic rings. The van der Waals surface area contributed by atoms with Crippen molar-refractivity contribution in [2.45, 2.75) is 58.3 Å². The molecule has 1 fully saturated rings. The number of carbonyl (C=O) groups is 1. The van der Waals surface area contributed by atoms with E-state index in [9.17, 15) is 4.79 Å². The summed E-state index contributed by atoms with van der Waals surface area (Å²) in [5, 5.41) is 0. The number of hydrogen-bond donors (Lipinski definition) is 0. The molecule has 0 aromatic heterocycles. The lowest BCUT2D eigenvalue weighted by Gasteiger charge is -2.38. The van der Waals surface area contributed by atoms with Crippen LogP contribution in [0.5, 0.6) is 0 Å². The first kappa shape index (κ1) is 21.7. The summed E-state index contributed by atoms with van der Waals surface area (Å²) in [5.74, 6) is 3.03. The maximum Gasteiger partial charge on any atom is 0.361 e. The van der Waals surface area contributed by atoms with Gasteiger partial charge >= 0.3 is 5.97 Å². The quantitative estimate of drug-likeness (QED) is 0.149. The van der Waals surface area contributed by atoms with Crippen LogP contribution in [-0.4, -0.2) is 56.5 Å². The zero-order chi connectivity index (χ0) is 17.5. The van der Waals surface area contributed by atoms with Crippen LogP contribution in [0.25, 0.3) is 0 Å². The van der Waals surface area contributed by atoms with Crippen LogP contribution >= 0.6 is 22.6 Å². The molecule has 1 rings (SSSR count). The first-order valence-corrected chi connectivity index (χ1v) is 10.5. The first-order chi connectivity index (χ1) is 11.7. The van der Waals surface area contributed by atoms with Crippen LogP contribution in [0.2, 0.25) is 0 Å². The van der Waals surface area contributed by atoms with E-state index in [0.717, 1.165) is 25.9 Å². The summed E-state index contributed by atoms with van der Waals surface area (Å²) in [5.41, 5.74) is 0. The number of carbonyl (C=O) groups excluding carboxylic acids is 1. The lowest BCUT2D eigenvalue weighted by molar-refractivity contribution is -0.921. The highest BCUT2D eigenvalue weighted by atomic mass is 127. The SMILES string of the molecule is CCCCCCCCCCOC(=O)C[N+]1(CC#CI)CCOCC1. The van der Waals surface area contributed by atoms with Gasteiger partial charge in [0, 0.05) is 22.6 Å². The Hall–Kier alpha value is -0.320. The molecule has 0 saturated carbocycles. The average molecular weight is 450 g/mol. The van der Waals surface area contributed by atoms with Gasteiger partial charge in [-0.3, -0.25) is 0 Å². The van der Waals surface area contributed by atoms with Crippen LogP contribution in [0, 0.1) is 9.85 Å². The van der Waals surface area contributed by atoms with Gasteiger partial charge < -0.3 is 14.0 Å². The minimum Gasteiger partial charge on any atom is -0.462 e. The number of quaternary nitrogens is 1. The molecule has 0 aliphatic carbocycles. The topological polar surface area (TPSA) is 35.5 Å². The lowest BCUT2D eigenvalue weighted by Crippen LogP contribution is -2.57. The number of morpholine rings is 1. The van der Waals surface area contributed by atoms with Gasteiger partial charge in [-0.15, -0.1) is 0 Å². The second-order valence-electron chi connectivity index (χ2n) is 6.68. The van der Waals surface area contributed by atoms with Gasteiger partial charge in [-0.25, -0.2) is 4.79 Å². The Bertz CT molecular complexity index is 397. The van der Waals surface area contributed by atoms with Crippen molar-refractivity contribution in [3.05, 3.63) is 0 Å². The monoisotopic (exact) mass is 450 g/mol. The molecular weight excluding hydrogens is 417 g/mol. The van der Waals surface area contributed by atoms with Gasteiger partial charge in [-0.2, -0.15) is 0 Å². The normalized spacial score (nSPS) is 16.2. The van der Waals surface area contributed by atoms with E-state index in [1.807, 2.05) is 0 Å². The van der Waals surface area contributed by atoms with E-state index >= 15 is 0 Å². The van der Waals surface area contributed by atoms with Gasteiger partial charge in [0.1, 0.15) is 19.6 Å². The summed E-state index contributed by atoms with van der Waals surface area (Å²) in [6, 6.07) is 0. The summed E-state index contributed by atoms with van der Waals surface area (Å²) in [6.45, 7) is 7.03. The second-order valence-corrected chi connectivity index (χ2v) is 7.22. The van der Waals surface area contributed by atoms with Crippen LogP contribution in [0.3, 0.4) is 0 Å². The number of ether oxygens (including phenoxy) is 2. The molecule has 1 aliphatic rings. The van der Waals surface area contributed by atoms with Crippen molar-refractivity contribution < 1.29 is 18.8 Å². The molecule has 0 atom stereocenters. The zero-order valence-electron chi connectivity index (χ0n) is 15.2. The molecule has 0 spiro atoms. The fraction of sp³-hybridized carbons (Fsp3) is 0.842. The molecule has 0 unspecified atom stereocenters. The Morgan fingerprint density at radius 2 is 1.71 bits per heavy atom. The summed E-state index contributed by atoms with van der Waals surface area (Å²) in [4.78, 5) is 12.2. The summed E-state index contributed by atoms with van der Waals surface area (Å²) < 4.78 is 14.5. The van der Waals surface area contributed by atoms with Crippen molar-refractivity contribution in [3.63, 3.8) is 0 Å². The number of esters is 1. The first-order valence-electron chi connectivity index (χ1n) is 9.39. The maximum absolute atomic E-state index is 12.2. The van der Waals surface area contributed by atoms with Crippen LogP contribution in [0.4, 0.5) is 0 Å². The third kappa shape index (κ3) is 9.85. The third-order valence-electron chi connectivity index (χ3n) is 4.63. The highest BCUT2D eigenvalue weighted by Crippen LogP contribution is 2.12. The smallest absolute Gasteiger partial charge is 0.361 e. The minimum atomic E-state index is -0.0879. The molecule has 0 N–H and O–H groups in total. The molecule has 4 nitrogen and oxygen atoms in total.